The van der Waals surface area contributed by atoms with Gasteiger partial charge in [0.25, 0.3) is 0 Å². The molecule has 1 saturated heterocycles. The van der Waals surface area contributed by atoms with Gasteiger partial charge in [-0.25, -0.2) is 0 Å². The summed E-state index contributed by atoms with van der Waals surface area (Å²) >= 11 is 0. The van der Waals surface area contributed by atoms with Crippen molar-refractivity contribution < 1.29 is 48.5 Å². The van der Waals surface area contributed by atoms with Gasteiger partial charge in [0.1, 0.15) is 36.3 Å². The molecule has 0 spiro atoms. The Hall–Kier alpha value is -3.35. The Morgan fingerprint density at radius 2 is 1.54 bits per heavy atom. The zero-order valence-electron chi connectivity index (χ0n) is 19.2. The van der Waals surface area contributed by atoms with Crippen LogP contribution < -0.4 is 24.4 Å². The van der Waals surface area contributed by atoms with Crippen LogP contribution >= 0.6 is 0 Å². The maximum atomic E-state index is 13.3. The fraction of sp³-hybridized carbons (Fsp3) is 0.375. The first-order valence-corrected chi connectivity index (χ1v) is 10.7. The highest BCUT2D eigenvalue weighted by molar-refractivity contribution is 5.85. The molecule has 2 aromatic carbocycles. The molecule has 2 heterocycles. The number of aliphatic hydroxyl groups is 4. The van der Waals surface area contributed by atoms with E-state index in [0.717, 1.165) is 0 Å². The standard InChI is InChI=1S/C24H26O11/c1-30-14-5-4-11(6-16(14)31-2)13-10-33-15-8-18(17(32-3)7-12(15)20(13)26)34-24-23(29)22(28)21(27)19(9-25)35-24/h4-8,10,19,21-25,27-29H,9H2,1-3H3/t19-,21+,22+,23-,24+/m0/s1. The Labute approximate surface area is 199 Å². The molecule has 5 atom stereocenters. The molecular formula is C24H26O11. The Balaban J connectivity index is 1.72. The molecule has 1 aliphatic heterocycles. The number of benzene rings is 2. The maximum Gasteiger partial charge on any atom is 0.229 e. The molecule has 0 radical (unpaired) electrons. The number of fused-ring (bicyclic) bond motifs is 1. The van der Waals surface area contributed by atoms with Crippen LogP contribution in [0.5, 0.6) is 23.0 Å². The van der Waals surface area contributed by atoms with E-state index in [4.69, 9.17) is 28.1 Å². The lowest BCUT2D eigenvalue weighted by Crippen LogP contribution is -2.60. The first kappa shape index (κ1) is 24.8. The van der Waals surface area contributed by atoms with Gasteiger partial charge in [0, 0.05) is 6.07 Å². The molecule has 1 aromatic heterocycles. The molecule has 3 aromatic rings. The Bertz CT molecular complexity index is 1250. The van der Waals surface area contributed by atoms with Crippen molar-refractivity contribution in [1.29, 1.82) is 0 Å². The molecule has 1 aliphatic rings. The summed E-state index contributed by atoms with van der Waals surface area (Å²) in [5, 5.41) is 39.8. The fourth-order valence-electron chi connectivity index (χ4n) is 3.88. The summed E-state index contributed by atoms with van der Waals surface area (Å²) in [5.74, 6) is 1.14. The van der Waals surface area contributed by atoms with E-state index in [0.29, 0.717) is 17.1 Å². The molecule has 0 bridgehead atoms. The van der Waals surface area contributed by atoms with E-state index in [1.54, 1.807) is 18.2 Å². The average molecular weight is 490 g/mol. The number of aliphatic hydroxyl groups excluding tert-OH is 4. The van der Waals surface area contributed by atoms with Gasteiger partial charge >= 0.3 is 0 Å². The highest BCUT2D eigenvalue weighted by Crippen LogP contribution is 2.36. The summed E-state index contributed by atoms with van der Waals surface area (Å²) < 4.78 is 32.7. The van der Waals surface area contributed by atoms with Crippen LogP contribution in [0.1, 0.15) is 0 Å². The topological polar surface area (TPSA) is 157 Å². The minimum absolute atomic E-state index is 0.0475. The molecule has 1 fully saturated rings. The van der Waals surface area contributed by atoms with Crippen molar-refractivity contribution in [3.8, 4) is 34.1 Å². The minimum atomic E-state index is -1.62. The molecule has 0 saturated carbocycles. The van der Waals surface area contributed by atoms with Crippen molar-refractivity contribution in [3.05, 3.63) is 46.8 Å². The van der Waals surface area contributed by atoms with Gasteiger partial charge in [-0.1, -0.05) is 6.07 Å². The van der Waals surface area contributed by atoms with Crippen molar-refractivity contribution >= 4 is 11.0 Å². The van der Waals surface area contributed by atoms with Gasteiger partial charge in [-0.05, 0) is 23.8 Å². The predicted octanol–water partition coefficient (Wildman–Crippen LogP) is 0.665. The Morgan fingerprint density at radius 1 is 0.857 bits per heavy atom. The molecule has 4 rings (SSSR count). The van der Waals surface area contributed by atoms with Crippen molar-refractivity contribution in [2.24, 2.45) is 0 Å². The largest absolute Gasteiger partial charge is 0.493 e. The lowest BCUT2D eigenvalue weighted by atomic mass is 9.99. The van der Waals surface area contributed by atoms with Crippen LogP contribution in [0.2, 0.25) is 0 Å². The van der Waals surface area contributed by atoms with Crippen LogP contribution in [-0.4, -0.2) is 79.1 Å². The number of rotatable bonds is 7. The number of hydrogen-bond donors (Lipinski definition) is 4. The molecule has 35 heavy (non-hydrogen) atoms. The smallest absolute Gasteiger partial charge is 0.229 e. The predicted molar refractivity (Wildman–Crippen MR) is 122 cm³/mol. The SMILES string of the molecule is COc1ccc(-c2coc3cc(O[C@@H]4O[C@@H](CO)[C@@H](O)[C@@H](O)[C@@H]4O)c(OC)cc3c2=O)cc1OC. The van der Waals surface area contributed by atoms with Crippen molar-refractivity contribution in [3.63, 3.8) is 0 Å². The van der Waals surface area contributed by atoms with Crippen molar-refractivity contribution in [2.75, 3.05) is 27.9 Å². The third kappa shape index (κ3) is 4.51. The lowest BCUT2D eigenvalue weighted by Gasteiger charge is -2.39. The third-order valence-corrected chi connectivity index (χ3v) is 5.84. The third-order valence-electron chi connectivity index (χ3n) is 5.84. The van der Waals surface area contributed by atoms with Crippen LogP contribution in [0.4, 0.5) is 0 Å². The molecule has 4 N–H and O–H groups in total. The minimum Gasteiger partial charge on any atom is -0.493 e. The van der Waals surface area contributed by atoms with Gasteiger partial charge in [-0.3, -0.25) is 4.79 Å². The summed E-state index contributed by atoms with van der Waals surface area (Å²) in [6.07, 6.45) is -6.04. The first-order valence-electron chi connectivity index (χ1n) is 10.7. The van der Waals surface area contributed by atoms with E-state index >= 15 is 0 Å². The second-order valence-electron chi connectivity index (χ2n) is 7.86. The van der Waals surface area contributed by atoms with E-state index < -0.39 is 37.3 Å². The molecule has 0 amide bonds. The van der Waals surface area contributed by atoms with E-state index in [1.165, 1.54) is 39.7 Å². The Morgan fingerprint density at radius 3 is 2.20 bits per heavy atom. The highest BCUT2D eigenvalue weighted by atomic mass is 16.7. The highest BCUT2D eigenvalue weighted by Gasteiger charge is 2.45. The molecule has 11 heteroatoms. The van der Waals surface area contributed by atoms with E-state index in [9.17, 15) is 25.2 Å². The van der Waals surface area contributed by atoms with Crippen LogP contribution in [0.25, 0.3) is 22.1 Å². The van der Waals surface area contributed by atoms with E-state index in [2.05, 4.69) is 0 Å². The number of methoxy groups -OCH3 is 3. The van der Waals surface area contributed by atoms with Gasteiger partial charge in [0.15, 0.2) is 23.0 Å². The van der Waals surface area contributed by atoms with Gasteiger partial charge in [0.2, 0.25) is 11.7 Å². The quantitative estimate of drug-likeness (QED) is 0.369. The number of hydrogen-bond acceptors (Lipinski definition) is 11. The second kappa shape index (κ2) is 10.1. The first-order chi connectivity index (χ1) is 16.8. The van der Waals surface area contributed by atoms with Gasteiger partial charge in [-0.2, -0.15) is 0 Å². The van der Waals surface area contributed by atoms with E-state index in [-0.39, 0.29) is 33.5 Å². The average Bonchev–Trinajstić information content (AvgIpc) is 2.88. The Kier molecular flexibility index (Phi) is 7.15. The van der Waals surface area contributed by atoms with Crippen molar-refractivity contribution in [1.82, 2.24) is 0 Å². The van der Waals surface area contributed by atoms with Crippen LogP contribution in [0.15, 0.2) is 45.8 Å². The molecule has 188 valence electrons. The summed E-state index contributed by atoms with van der Waals surface area (Å²) in [6.45, 7) is -0.604. The maximum absolute atomic E-state index is 13.3. The van der Waals surface area contributed by atoms with Crippen LogP contribution in [0, 0.1) is 0 Å². The van der Waals surface area contributed by atoms with Gasteiger partial charge < -0.3 is 48.5 Å². The van der Waals surface area contributed by atoms with Crippen LogP contribution in [-0.2, 0) is 4.74 Å². The van der Waals surface area contributed by atoms with Gasteiger partial charge in [0.05, 0.1) is 38.9 Å². The normalized spacial score (nSPS) is 24.3. The fourth-order valence-corrected chi connectivity index (χ4v) is 3.88. The van der Waals surface area contributed by atoms with Gasteiger partial charge in [-0.15, -0.1) is 0 Å². The summed E-state index contributed by atoms with van der Waals surface area (Å²) in [4.78, 5) is 13.3. The molecule has 0 aliphatic carbocycles. The van der Waals surface area contributed by atoms with Crippen molar-refractivity contribution in [2.45, 2.75) is 30.7 Å². The zero-order valence-corrected chi connectivity index (χ0v) is 19.2. The summed E-state index contributed by atoms with van der Waals surface area (Å²) in [6, 6.07) is 7.84. The lowest BCUT2D eigenvalue weighted by molar-refractivity contribution is -0.277. The summed E-state index contributed by atoms with van der Waals surface area (Å²) in [5.41, 5.74) is 0.665. The molecule has 11 nitrogen and oxygen atoms in total. The number of ether oxygens (including phenoxy) is 5. The second-order valence-corrected chi connectivity index (χ2v) is 7.86. The van der Waals surface area contributed by atoms with E-state index in [1.807, 2.05) is 0 Å². The monoisotopic (exact) mass is 490 g/mol. The molecular weight excluding hydrogens is 464 g/mol. The molecule has 0 unspecified atom stereocenters. The van der Waals surface area contributed by atoms with Crippen LogP contribution in [0.3, 0.4) is 0 Å². The zero-order chi connectivity index (χ0) is 25.3. The summed E-state index contributed by atoms with van der Waals surface area (Å²) in [7, 11) is 4.37.